The average molecular weight is 192 g/mol. The molecule has 0 amide bonds. The molecule has 1 heterocycles. The van der Waals surface area contributed by atoms with Gasteiger partial charge in [-0.1, -0.05) is 5.92 Å². The van der Waals surface area contributed by atoms with Crippen LogP contribution in [0, 0.1) is 11.8 Å². The highest BCUT2D eigenvalue weighted by Crippen LogP contribution is 2.05. The molecule has 0 saturated heterocycles. The van der Waals surface area contributed by atoms with E-state index in [1.165, 1.54) is 24.0 Å². The molecule has 0 bridgehead atoms. The van der Waals surface area contributed by atoms with Crippen LogP contribution in [-0.4, -0.2) is 27.1 Å². The van der Waals surface area contributed by atoms with E-state index in [-0.39, 0.29) is 0 Å². The zero-order valence-electron chi connectivity index (χ0n) is 7.47. The summed E-state index contributed by atoms with van der Waals surface area (Å²) in [5.41, 5.74) is 0.519. The van der Waals surface area contributed by atoms with Crippen LogP contribution in [0.4, 0.5) is 0 Å². The zero-order valence-corrected chi connectivity index (χ0v) is 7.47. The van der Waals surface area contributed by atoms with E-state index in [2.05, 4.69) is 16.9 Å². The lowest BCUT2D eigenvalue weighted by atomic mass is 10.3. The quantitative estimate of drug-likeness (QED) is 0.532. The molecule has 1 atom stereocenters. The summed E-state index contributed by atoms with van der Waals surface area (Å²) in [6.07, 6.45) is 3.36. The number of hydrogen-bond acceptors (Lipinski definition) is 3. The predicted octanol–water partition coefficient (Wildman–Crippen LogP) is 0.0791. The lowest BCUT2D eigenvalue weighted by Gasteiger charge is -2.04. The minimum absolute atomic E-state index is 0.470. The van der Waals surface area contributed by atoms with E-state index in [0.717, 1.165) is 0 Å². The van der Waals surface area contributed by atoms with Gasteiger partial charge in [-0.25, -0.2) is 4.79 Å². The Hall–Kier alpha value is -2.09. The summed E-state index contributed by atoms with van der Waals surface area (Å²) in [6.45, 7) is 1.51. The molecule has 5 heteroatoms. The fourth-order valence-corrected chi connectivity index (χ4v) is 0.840. The number of rotatable bonds is 2. The van der Waals surface area contributed by atoms with Crippen LogP contribution in [0.3, 0.4) is 0 Å². The van der Waals surface area contributed by atoms with Gasteiger partial charge < -0.3 is 5.11 Å². The van der Waals surface area contributed by atoms with Crippen molar-refractivity contribution in [1.29, 1.82) is 0 Å². The maximum Gasteiger partial charge on any atom is 0.328 e. The molecule has 1 N–H and O–H groups in total. The number of aromatic nitrogens is 2. The molecule has 0 aliphatic heterocycles. The smallest absolute Gasteiger partial charge is 0.328 e. The SMILES string of the molecule is C[C@@H](C(=O)O)n1cc(C#CC=O)cn1. The first-order chi connectivity index (χ1) is 6.65. The van der Waals surface area contributed by atoms with Crippen LogP contribution in [0.2, 0.25) is 0 Å². The number of carboxylic acid groups (broad SMARTS) is 1. The van der Waals surface area contributed by atoms with E-state index in [1.54, 1.807) is 0 Å². The summed E-state index contributed by atoms with van der Waals surface area (Å²) in [7, 11) is 0. The first kappa shape index (κ1) is 9.99. The second-order valence-electron chi connectivity index (χ2n) is 2.61. The summed E-state index contributed by atoms with van der Waals surface area (Å²) >= 11 is 0. The third-order valence-corrected chi connectivity index (χ3v) is 1.63. The van der Waals surface area contributed by atoms with Gasteiger partial charge >= 0.3 is 5.97 Å². The zero-order chi connectivity index (χ0) is 10.6. The molecule has 0 fully saturated rings. The number of carbonyl (C=O) groups is 2. The van der Waals surface area contributed by atoms with Gasteiger partial charge in [-0.05, 0) is 12.8 Å². The van der Waals surface area contributed by atoms with Crippen LogP contribution in [0.25, 0.3) is 0 Å². The van der Waals surface area contributed by atoms with Gasteiger partial charge in [0.05, 0.1) is 11.8 Å². The predicted molar refractivity (Wildman–Crippen MR) is 47.5 cm³/mol. The molecular formula is C9H8N2O3. The maximum atomic E-state index is 10.6. The average Bonchev–Trinajstić information content (AvgIpc) is 2.61. The van der Waals surface area contributed by atoms with Crippen LogP contribution in [0.5, 0.6) is 0 Å². The van der Waals surface area contributed by atoms with E-state index in [4.69, 9.17) is 5.11 Å². The van der Waals surface area contributed by atoms with E-state index >= 15 is 0 Å². The highest BCUT2D eigenvalue weighted by atomic mass is 16.4. The van der Waals surface area contributed by atoms with Crippen LogP contribution in [0.15, 0.2) is 12.4 Å². The molecule has 1 aromatic rings. The molecule has 0 unspecified atom stereocenters. The van der Waals surface area contributed by atoms with Crippen molar-refractivity contribution in [2.45, 2.75) is 13.0 Å². The summed E-state index contributed by atoms with van der Waals surface area (Å²) in [6, 6.07) is -0.734. The summed E-state index contributed by atoms with van der Waals surface area (Å²) in [5, 5.41) is 12.5. The second kappa shape index (κ2) is 4.23. The molecule has 1 aromatic heterocycles. The normalized spacial score (nSPS) is 11.2. The number of carboxylic acids is 1. The van der Waals surface area contributed by atoms with Crippen molar-refractivity contribution in [3.63, 3.8) is 0 Å². The number of aldehydes is 1. The standard InChI is InChI=1S/C9H8N2O3/c1-7(9(13)14)11-6-8(5-10-11)3-2-4-12/h4-7H,1H3,(H,13,14)/t7-/m0/s1. The minimum atomic E-state index is -0.969. The Morgan fingerprint density at radius 3 is 3.07 bits per heavy atom. The molecule has 0 saturated carbocycles. The molecule has 0 aliphatic rings. The van der Waals surface area contributed by atoms with E-state index in [0.29, 0.717) is 11.8 Å². The van der Waals surface area contributed by atoms with Crippen molar-refractivity contribution in [3.8, 4) is 11.8 Å². The summed E-state index contributed by atoms with van der Waals surface area (Å²) in [4.78, 5) is 20.5. The second-order valence-corrected chi connectivity index (χ2v) is 2.61. The van der Waals surface area contributed by atoms with Crippen molar-refractivity contribution in [2.75, 3.05) is 0 Å². The van der Waals surface area contributed by atoms with Crippen molar-refractivity contribution >= 4 is 12.3 Å². The van der Waals surface area contributed by atoms with Gasteiger partial charge in [0.2, 0.25) is 0 Å². The van der Waals surface area contributed by atoms with Crippen LogP contribution >= 0.6 is 0 Å². The Kier molecular flexibility index (Phi) is 3.02. The van der Waals surface area contributed by atoms with Crippen molar-refractivity contribution < 1.29 is 14.7 Å². The molecule has 0 spiro atoms. The maximum absolute atomic E-state index is 10.6. The number of hydrogen-bond donors (Lipinski definition) is 1. The lowest BCUT2D eigenvalue weighted by molar-refractivity contribution is -0.140. The van der Waals surface area contributed by atoms with E-state index < -0.39 is 12.0 Å². The Bertz CT molecular complexity index is 411. The van der Waals surface area contributed by atoms with E-state index in [9.17, 15) is 9.59 Å². The first-order valence-corrected chi connectivity index (χ1v) is 3.87. The number of aliphatic carboxylic acids is 1. The van der Waals surface area contributed by atoms with Gasteiger partial charge in [0.15, 0.2) is 6.29 Å². The molecular weight excluding hydrogens is 184 g/mol. The Morgan fingerprint density at radius 2 is 2.50 bits per heavy atom. The fraction of sp³-hybridized carbons (Fsp3) is 0.222. The Balaban J connectivity index is 2.87. The van der Waals surface area contributed by atoms with E-state index in [1.807, 2.05) is 0 Å². The first-order valence-electron chi connectivity index (χ1n) is 3.87. The van der Waals surface area contributed by atoms with Crippen molar-refractivity contribution in [1.82, 2.24) is 9.78 Å². The Morgan fingerprint density at radius 1 is 1.79 bits per heavy atom. The molecule has 0 radical (unpaired) electrons. The third-order valence-electron chi connectivity index (χ3n) is 1.63. The molecule has 14 heavy (non-hydrogen) atoms. The monoisotopic (exact) mass is 192 g/mol. The van der Waals surface area contributed by atoms with Gasteiger partial charge in [0.1, 0.15) is 6.04 Å². The highest BCUT2D eigenvalue weighted by Gasteiger charge is 2.13. The van der Waals surface area contributed by atoms with Crippen molar-refractivity contribution in [2.24, 2.45) is 0 Å². The summed E-state index contributed by atoms with van der Waals surface area (Å²) < 4.78 is 1.27. The fourth-order valence-electron chi connectivity index (χ4n) is 0.840. The molecule has 5 nitrogen and oxygen atoms in total. The lowest BCUT2D eigenvalue weighted by Crippen LogP contribution is -2.15. The largest absolute Gasteiger partial charge is 0.480 e. The summed E-state index contributed by atoms with van der Waals surface area (Å²) in [5.74, 6) is 3.76. The number of nitrogens with zero attached hydrogens (tertiary/aromatic N) is 2. The minimum Gasteiger partial charge on any atom is -0.480 e. The molecule has 0 aromatic carbocycles. The van der Waals surface area contributed by atoms with Crippen LogP contribution in [-0.2, 0) is 9.59 Å². The third kappa shape index (κ3) is 2.20. The van der Waals surface area contributed by atoms with Gasteiger partial charge in [0, 0.05) is 6.20 Å². The van der Waals surface area contributed by atoms with Gasteiger partial charge in [-0.15, -0.1) is 0 Å². The molecule has 1 rings (SSSR count). The van der Waals surface area contributed by atoms with Crippen molar-refractivity contribution in [3.05, 3.63) is 18.0 Å². The van der Waals surface area contributed by atoms with Gasteiger partial charge in [-0.3, -0.25) is 9.48 Å². The van der Waals surface area contributed by atoms with Crippen LogP contribution < -0.4 is 0 Å². The number of carbonyl (C=O) groups excluding carboxylic acids is 1. The Labute approximate surface area is 80.3 Å². The molecule has 0 aliphatic carbocycles. The van der Waals surface area contributed by atoms with Crippen LogP contribution in [0.1, 0.15) is 18.5 Å². The topological polar surface area (TPSA) is 72.2 Å². The molecule has 72 valence electrons. The van der Waals surface area contributed by atoms with Gasteiger partial charge in [0.25, 0.3) is 0 Å². The highest BCUT2D eigenvalue weighted by molar-refractivity contribution is 5.74. The van der Waals surface area contributed by atoms with Gasteiger partial charge in [-0.2, -0.15) is 5.10 Å².